The lowest BCUT2D eigenvalue weighted by Gasteiger charge is -2.30. The maximum Gasteiger partial charge on any atom is 0.245 e. The number of carbonyl (C=O) groups is 1. The van der Waals surface area contributed by atoms with Crippen molar-refractivity contribution in [1.82, 2.24) is 4.31 Å². The van der Waals surface area contributed by atoms with Crippen LogP contribution in [0.3, 0.4) is 0 Å². The van der Waals surface area contributed by atoms with E-state index in [1.54, 1.807) is 0 Å². The molecule has 3 aromatic carbocycles. The van der Waals surface area contributed by atoms with Crippen molar-refractivity contribution in [2.45, 2.75) is 17.7 Å². The molecule has 166 valence electrons. The number of carbonyl (C=O) groups excluding carboxylic acids is 1. The van der Waals surface area contributed by atoms with E-state index in [0.717, 1.165) is 17.4 Å². The maximum absolute atomic E-state index is 14.0. The zero-order valence-corrected chi connectivity index (χ0v) is 18.2. The highest BCUT2D eigenvalue weighted by molar-refractivity contribution is 7.89. The van der Waals surface area contributed by atoms with Gasteiger partial charge in [-0.2, -0.15) is 4.31 Å². The molecule has 1 fully saturated rings. The Kier molecular flexibility index (Phi) is 6.53. The Morgan fingerprint density at radius 1 is 0.812 bits per heavy atom. The summed E-state index contributed by atoms with van der Waals surface area (Å²) in [6.45, 7) is 0.351. The third-order valence-electron chi connectivity index (χ3n) is 5.49. The molecule has 1 aliphatic heterocycles. The van der Waals surface area contributed by atoms with Gasteiger partial charge in [-0.25, -0.2) is 12.8 Å². The highest BCUT2D eigenvalue weighted by atomic mass is 32.2. The van der Waals surface area contributed by atoms with E-state index in [1.807, 2.05) is 54.6 Å². The van der Waals surface area contributed by atoms with Crippen LogP contribution in [0.5, 0.6) is 0 Å². The number of nitrogens with one attached hydrogen (secondary N) is 2. The van der Waals surface area contributed by atoms with E-state index in [9.17, 15) is 17.6 Å². The molecule has 6 nitrogen and oxygen atoms in total. The normalized spacial score (nSPS) is 15.3. The molecule has 1 heterocycles. The van der Waals surface area contributed by atoms with Crippen LogP contribution in [-0.2, 0) is 14.8 Å². The summed E-state index contributed by atoms with van der Waals surface area (Å²) in [5.41, 5.74) is 2.55. The van der Waals surface area contributed by atoms with E-state index >= 15 is 0 Å². The predicted molar refractivity (Wildman–Crippen MR) is 123 cm³/mol. The van der Waals surface area contributed by atoms with Gasteiger partial charge in [0.2, 0.25) is 15.9 Å². The molecule has 8 heteroatoms. The number of anilines is 3. The van der Waals surface area contributed by atoms with Gasteiger partial charge in [0.1, 0.15) is 10.7 Å². The number of rotatable bonds is 6. The number of para-hydroxylation sites is 1. The van der Waals surface area contributed by atoms with E-state index in [1.165, 1.54) is 22.5 Å². The Morgan fingerprint density at radius 2 is 1.38 bits per heavy atom. The Morgan fingerprint density at radius 3 is 2.03 bits per heavy atom. The number of halogens is 1. The molecule has 1 amide bonds. The van der Waals surface area contributed by atoms with E-state index in [-0.39, 0.29) is 29.8 Å². The molecule has 32 heavy (non-hydrogen) atoms. The van der Waals surface area contributed by atoms with Crippen molar-refractivity contribution < 1.29 is 17.6 Å². The van der Waals surface area contributed by atoms with Crippen LogP contribution in [0, 0.1) is 11.7 Å². The number of amides is 1. The van der Waals surface area contributed by atoms with Crippen molar-refractivity contribution in [3.8, 4) is 0 Å². The summed E-state index contributed by atoms with van der Waals surface area (Å²) in [7, 11) is -3.91. The summed E-state index contributed by atoms with van der Waals surface area (Å²) < 4.78 is 40.6. The molecule has 1 aliphatic rings. The number of hydrogen-bond acceptors (Lipinski definition) is 4. The SMILES string of the molecule is O=C(Nc1ccc(Nc2ccccc2)cc1)C1CCN(S(=O)(=O)c2ccccc2F)CC1. The van der Waals surface area contributed by atoms with Gasteiger partial charge >= 0.3 is 0 Å². The molecule has 0 saturated carbocycles. The topological polar surface area (TPSA) is 78.5 Å². The van der Waals surface area contributed by atoms with Crippen LogP contribution in [0.4, 0.5) is 21.5 Å². The first-order valence-corrected chi connectivity index (χ1v) is 11.9. The molecule has 1 saturated heterocycles. The quantitative estimate of drug-likeness (QED) is 0.571. The van der Waals surface area contributed by atoms with Crippen LogP contribution >= 0.6 is 0 Å². The van der Waals surface area contributed by atoms with E-state index in [2.05, 4.69) is 10.6 Å². The highest BCUT2D eigenvalue weighted by Crippen LogP contribution is 2.26. The number of sulfonamides is 1. The average molecular weight is 454 g/mol. The fourth-order valence-electron chi connectivity index (χ4n) is 3.72. The molecule has 0 aliphatic carbocycles. The van der Waals surface area contributed by atoms with E-state index in [0.29, 0.717) is 18.5 Å². The molecule has 0 spiro atoms. The van der Waals surface area contributed by atoms with Gasteiger partial charge in [0.05, 0.1) is 0 Å². The average Bonchev–Trinajstić information content (AvgIpc) is 2.81. The molecule has 0 bridgehead atoms. The Balaban J connectivity index is 1.32. The lowest BCUT2D eigenvalue weighted by atomic mass is 9.97. The van der Waals surface area contributed by atoms with Crippen LogP contribution in [0.15, 0.2) is 83.8 Å². The smallest absolute Gasteiger partial charge is 0.245 e. The minimum absolute atomic E-state index is 0.142. The molecular weight excluding hydrogens is 429 g/mol. The summed E-state index contributed by atoms with van der Waals surface area (Å²) in [6, 6.07) is 22.5. The van der Waals surface area contributed by atoms with Crippen LogP contribution in [0.2, 0.25) is 0 Å². The van der Waals surface area contributed by atoms with Crippen molar-refractivity contribution >= 4 is 33.0 Å². The molecule has 0 aromatic heterocycles. The van der Waals surface area contributed by atoms with Crippen molar-refractivity contribution in [3.05, 3.63) is 84.7 Å². The lowest BCUT2D eigenvalue weighted by Crippen LogP contribution is -2.41. The van der Waals surface area contributed by atoms with Crippen molar-refractivity contribution in [1.29, 1.82) is 0 Å². The van der Waals surface area contributed by atoms with E-state index in [4.69, 9.17) is 0 Å². The Bertz CT molecular complexity index is 1180. The minimum Gasteiger partial charge on any atom is -0.356 e. The highest BCUT2D eigenvalue weighted by Gasteiger charge is 2.33. The molecule has 0 unspecified atom stereocenters. The van der Waals surface area contributed by atoms with Crippen molar-refractivity contribution in [2.75, 3.05) is 23.7 Å². The fraction of sp³-hybridized carbons (Fsp3) is 0.208. The maximum atomic E-state index is 14.0. The van der Waals surface area contributed by atoms with Crippen LogP contribution in [0.25, 0.3) is 0 Å². The largest absolute Gasteiger partial charge is 0.356 e. The monoisotopic (exact) mass is 453 g/mol. The summed E-state index contributed by atoms with van der Waals surface area (Å²) in [5.74, 6) is -1.21. The van der Waals surface area contributed by atoms with Gasteiger partial charge in [0, 0.05) is 36.1 Å². The van der Waals surface area contributed by atoms with Gasteiger partial charge in [0.15, 0.2) is 0 Å². The first-order valence-electron chi connectivity index (χ1n) is 10.4. The van der Waals surface area contributed by atoms with Gasteiger partial charge in [-0.3, -0.25) is 4.79 Å². The summed E-state index contributed by atoms with van der Waals surface area (Å²) >= 11 is 0. The molecular formula is C24H24FN3O3S. The molecule has 0 radical (unpaired) electrons. The van der Waals surface area contributed by atoms with Gasteiger partial charge in [-0.05, 0) is 61.4 Å². The Labute approximate surface area is 187 Å². The number of piperidine rings is 1. The number of benzene rings is 3. The third-order valence-corrected chi connectivity index (χ3v) is 7.43. The summed E-state index contributed by atoms with van der Waals surface area (Å²) in [4.78, 5) is 12.3. The lowest BCUT2D eigenvalue weighted by molar-refractivity contribution is -0.120. The van der Waals surface area contributed by atoms with Gasteiger partial charge < -0.3 is 10.6 Å². The molecule has 0 atom stereocenters. The van der Waals surface area contributed by atoms with E-state index < -0.39 is 15.8 Å². The second kappa shape index (κ2) is 9.50. The van der Waals surface area contributed by atoms with Crippen LogP contribution in [0.1, 0.15) is 12.8 Å². The third kappa shape index (κ3) is 4.98. The molecule has 4 rings (SSSR count). The standard InChI is InChI=1S/C24H24FN3O3S/c25-22-8-4-5-9-23(22)32(30,31)28-16-14-18(15-17-28)24(29)27-21-12-10-20(11-13-21)26-19-6-2-1-3-7-19/h1-13,18,26H,14-17H2,(H,27,29). The van der Waals surface area contributed by atoms with Gasteiger partial charge in [0.25, 0.3) is 0 Å². The predicted octanol–water partition coefficient (Wildman–Crippen LogP) is 4.61. The fourth-order valence-corrected chi connectivity index (χ4v) is 5.26. The first-order chi connectivity index (χ1) is 15.4. The Hall–Kier alpha value is -3.23. The zero-order chi connectivity index (χ0) is 22.6. The van der Waals surface area contributed by atoms with Crippen molar-refractivity contribution in [2.24, 2.45) is 5.92 Å². The second-order valence-corrected chi connectivity index (χ2v) is 9.57. The van der Waals surface area contributed by atoms with Crippen molar-refractivity contribution in [3.63, 3.8) is 0 Å². The summed E-state index contributed by atoms with van der Waals surface area (Å²) in [6.07, 6.45) is 0.764. The van der Waals surface area contributed by atoms with Crippen LogP contribution in [-0.4, -0.2) is 31.7 Å². The number of nitrogens with zero attached hydrogens (tertiary/aromatic N) is 1. The minimum atomic E-state index is -3.91. The zero-order valence-electron chi connectivity index (χ0n) is 17.4. The summed E-state index contributed by atoms with van der Waals surface area (Å²) in [5, 5.41) is 6.18. The molecule has 3 aromatic rings. The first kappa shape index (κ1) is 22.0. The van der Waals surface area contributed by atoms with Gasteiger partial charge in [-0.1, -0.05) is 30.3 Å². The van der Waals surface area contributed by atoms with Crippen LogP contribution < -0.4 is 10.6 Å². The second-order valence-electron chi connectivity index (χ2n) is 7.67. The molecule has 2 N–H and O–H groups in total. The van der Waals surface area contributed by atoms with Gasteiger partial charge in [-0.15, -0.1) is 0 Å². The number of hydrogen-bond donors (Lipinski definition) is 2.